The molecule has 1 heterocycles. The fourth-order valence-electron chi connectivity index (χ4n) is 3.80. The van der Waals surface area contributed by atoms with Gasteiger partial charge in [0.2, 0.25) is 0 Å². The number of phenolic OH excluding ortho intramolecular Hbond substituents is 2. The van der Waals surface area contributed by atoms with Gasteiger partial charge in [-0.15, -0.1) is 11.3 Å². The van der Waals surface area contributed by atoms with Gasteiger partial charge in [-0.25, -0.2) is 13.1 Å². The van der Waals surface area contributed by atoms with E-state index in [4.69, 9.17) is 17.0 Å². The van der Waals surface area contributed by atoms with Crippen molar-refractivity contribution < 1.29 is 49.7 Å². The zero-order valence-electron chi connectivity index (χ0n) is 22.0. The largest absolute Gasteiger partial charge is 0.504 e. The van der Waals surface area contributed by atoms with E-state index < -0.39 is 44.9 Å². The van der Waals surface area contributed by atoms with Crippen molar-refractivity contribution in [2.75, 3.05) is 18.4 Å². The van der Waals surface area contributed by atoms with Crippen LogP contribution in [-0.4, -0.2) is 36.8 Å². The predicted molar refractivity (Wildman–Crippen MR) is 155 cm³/mol. The highest BCUT2D eigenvalue weighted by molar-refractivity contribution is 7.91. The van der Waals surface area contributed by atoms with Gasteiger partial charge in [0.05, 0.1) is 11.1 Å². The number of phenols is 2. The number of benzene rings is 3. The third kappa shape index (κ3) is 8.10. The van der Waals surface area contributed by atoms with Crippen LogP contribution in [0.3, 0.4) is 0 Å². The molecule has 0 spiro atoms. The van der Waals surface area contributed by atoms with Crippen LogP contribution in [0.1, 0.15) is 11.1 Å². The molecule has 8 nitrogen and oxygen atoms in total. The molecule has 0 amide bonds. The van der Waals surface area contributed by atoms with E-state index in [1.165, 1.54) is 18.2 Å². The highest BCUT2D eigenvalue weighted by Crippen LogP contribution is 2.41. The number of anilines is 1. The maximum Gasteiger partial charge on any atom is 0.416 e. The Bertz CT molecular complexity index is 1740. The lowest BCUT2D eigenvalue weighted by Crippen LogP contribution is -2.36. The summed E-state index contributed by atoms with van der Waals surface area (Å²) in [4.78, 5) is 0. The Morgan fingerprint density at radius 1 is 0.841 bits per heavy atom. The molecule has 1 aromatic heterocycles. The van der Waals surface area contributed by atoms with Crippen LogP contribution in [0.5, 0.6) is 23.0 Å². The molecule has 0 aliphatic heterocycles. The maximum absolute atomic E-state index is 13.1. The van der Waals surface area contributed by atoms with Crippen molar-refractivity contribution in [3.05, 3.63) is 83.2 Å². The minimum absolute atomic E-state index is 0.0159. The zero-order chi connectivity index (χ0) is 32.3. The van der Waals surface area contributed by atoms with Crippen molar-refractivity contribution >= 4 is 44.4 Å². The molecule has 0 aliphatic rings. The Morgan fingerprint density at radius 2 is 1.50 bits per heavy atom. The first-order valence-corrected chi connectivity index (χ1v) is 15.0. The first-order valence-electron chi connectivity index (χ1n) is 12.3. The Kier molecular flexibility index (Phi) is 9.62. The van der Waals surface area contributed by atoms with Gasteiger partial charge >= 0.3 is 12.4 Å². The summed E-state index contributed by atoms with van der Waals surface area (Å²) in [7, 11) is -4.11. The first-order chi connectivity index (χ1) is 20.5. The van der Waals surface area contributed by atoms with Crippen molar-refractivity contribution in [1.82, 2.24) is 10.0 Å². The van der Waals surface area contributed by atoms with E-state index in [2.05, 4.69) is 15.4 Å². The number of alkyl halides is 6. The standard InChI is InChI=1S/C27H21F6N3O5S3/c28-26(29,30)15-11-16(27(31,32)33)13-17(12-15)36-25(42)34-8-9-35-44(39,40)24-20(7-10-43-24)19-3-1-2-4-23(19)41-18-5-6-21(37)22(38)14-18/h1-7,10-14,35,37-38H,8-9H2,(H2,34,36,42). The lowest BCUT2D eigenvalue weighted by molar-refractivity contribution is -0.143. The van der Waals surface area contributed by atoms with Crippen molar-refractivity contribution in [3.63, 3.8) is 0 Å². The maximum atomic E-state index is 13.1. The van der Waals surface area contributed by atoms with Crippen molar-refractivity contribution in [2.24, 2.45) is 0 Å². The Balaban J connectivity index is 1.41. The molecular weight excluding hydrogens is 657 g/mol. The summed E-state index contributed by atoms with van der Waals surface area (Å²) in [5.74, 6) is -0.318. The van der Waals surface area contributed by atoms with Crippen LogP contribution in [0, 0.1) is 0 Å². The summed E-state index contributed by atoms with van der Waals surface area (Å²) < 4.78 is 113. The molecule has 4 rings (SSSR count). The van der Waals surface area contributed by atoms with Gasteiger partial charge in [0.1, 0.15) is 15.7 Å². The molecule has 0 fully saturated rings. The Morgan fingerprint density at radius 3 is 2.14 bits per heavy atom. The lowest BCUT2D eigenvalue weighted by Gasteiger charge is -2.16. The Labute approximate surface area is 256 Å². The summed E-state index contributed by atoms with van der Waals surface area (Å²) >= 11 is 5.88. The second kappa shape index (κ2) is 12.9. The highest BCUT2D eigenvalue weighted by Gasteiger charge is 2.37. The zero-order valence-corrected chi connectivity index (χ0v) is 24.4. The minimum Gasteiger partial charge on any atom is -0.504 e. The number of hydrogen-bond donors (Lipinski definition) is 5. The highest BCUT2D eigenvalue weighted by atomic mass is 32.2. The average molecular weight is 678 g/mol. The lowest BCUT2D eigenvalue weighted by atomic mass is 10.1. The third-order valence-electron chi connectivity index (χ3n) is 5.77. The molecule has 0 aliphatic carbocycles. The molecule has 3 aromatic carbocycles. The number of halogens is 6. The number of rotatable bonds is 9. The van der Waals surface area contributed by atoms with Gasteiger partial charge in [-0.3, -0.25) is 0 Å². The third-order valence-corrected chi connectivity index (χ3v) is 8.97. The quantitative estimate of drug-likeness (QED) is 0.0561. The van der Waals surface area contributed by atoms with E-state index in [9.17, 15) is 45.0 Å². The van der Waals surface area contributed by atoms with E-state index in [-0.39, 0.29) is 45.7 Å². The summed E-state index contributed by atoms with van der Waals surface area (Å²) in [6, 6.07) is 12.8. The second-order valence-electron chi connectivity index (χ2n) is 8.94. The molecule has 0 saturated heterocycles. The molecule has 0 saturated carbocycles. The molecule has 0 atom stereocenters. The van der Waals surface area contributed by atoms with Crippen LogP contribution in [0.4, 0.5) is 32.0 Å². The minimum atomic E-state index is -5.03. The van der Waals surface area contributed by atoms with Crippen LogP contribution in [0.2, 0.25) is 0 Å². The molecule has 44 heavy (non-hydrogen) atoms. The topological polar surface area (TPSA) is 120 Å². The molecule has 0 bridgehead atoms. The van der Waals surface area contributed by atoms with Crippen LogP contribution < -0.4 is 20.1 Å². The predicted octanol–water partition coefficient (Wildman–Crippen LogP) is 6.92. The van der Waals surface area contributed by atoms with E-state index in [1.807, 2.05) is 0 Å². The van der Waals surface area contributed by atoms with Crippen LogP contribution in [0.15, 0.2) is 76.3 Å². The Hall–Kier alpha value is -4.06. The molecule has 5 N–H and O–H groups in total. The fraction of sp³-hybridized carbons (Fsp3) is 0.148. The van der Waals surface area contributed by atoms with Gasteiger partial charge in [-0.05, 0) is 60.1 Å². The number of hydrogen-bond acceptors (Lipinski definition) is 7. The van der Waals surface area contributed by atoms with Gasteiger partial charge in [0.15, 0.2) is 16.6 Å². The molecule has 234 valence electrons. The fourth-order valence-corrected chi connectivity index (χ4v) is 6.48. The van der Waals surface area contributed by atoms with Gasteiger partial charge in [-0.1, -0.05) is 18.2 Å². The molecule has 4 aromatic rings. The van der Waals surface area contributed by atoms with Gasteiger partial charge in [-0.2, -0.15) is 26.3 Å². The van der Waals surface area contributed by atoms with Crippen molar-refractivity contribution in [3.8, 4) is 34.1 Å². The number of nitrogens with one attached hydrogen (secondary N) is 3. The van der Waals surface area contributed by atoms with Crippen LogP contribution >= 0.6 is 23.6 Å². The smallest absolute Gasteiger partial charge is 0.416 e. The van der Waals surface area contributed by atoms with E-state index in [0.717, 1.165) is 11.3 Å². The number of thiophene rings is 1. The SMILES string of the molecule is O=S(=O)(NCCNC(=S)Nc1cc(C(F)(F)F)cc(C(F)(F)F)c1)c1sccc1-c1ccccc1Oc1ccc(O)c(O)c1. The summed E-state index contributed by atoms with van der Waals surface area (Å²) in [6.45, 7) is -0.413. The molecule has 0 radical (unpaired) electrons. The number of aromatic hydroxyl groups is 2. The number of ether oxygens (including phenoxy) is 1. The summed E-state index contributed by atoms with van der Waals surface area (Å²) in [6.07, 6.45) is -10.1. The normalized spacial score (nSPS) is 12.1. The monoisotopic (exact) mass is 677 g/mol. The number of sulfonamides is 1. The number of para-hydroxylation sites is 1. The first kappa shape index (κ1) is 32.8. The van der Waals surface area contributed by atoms with Crippen molar-refractivity contribution in [2.45, 2.75) is 16.6 Å². The van der Waals surface area contributed by atoms with E-state index in [1.54, 1.807) is 35.7 Å². The van der Waals surface area contributed by atoms with Gasteiger partial charge in [0.25, 0.3) is 10.0 Å². The average Bonchev–Trinajstić information content (AvgIpc) is 3.43. The van der Waals surface area contributed by atoms with E-state index in [0.29, 0.717) is 23.3 Å². The van der Waals surface area contributed by atoms with Gasteiger partial charge in [0, 0.05) is 36.0 Å². The van der Waals surface area contributed by atoms with E-state index >= 15 is 0 Å². The van der Waals surface area contributed by atoms with Gasteiger partial charge < -0.3 is 25.6 Å². The van der Waals surface area contributed by atoms with Crippen LogP contribution in [0.25, 0.3) is 11.1 Å². The number of thiocarbonyl (C=S) groups is 1. The molecular formula is C27H21F6N3O5S3. The second-order valence-corrected chi connectivity index (χ2v) is 12.2. The molecule has 17 heteroatoms. The molecule has 0 unspecified atom stereocenters. The van der Waals surface area contributed by atoms with Crippen molar-refractivity contribution in [1.29, 1.82) is 0 Å². The summed E-state index contributed by atoms with van der Waals surface area (Å²) in [5, 5.41) is 25.3. The summed E-state index contributed by atoms with van der Waals surface area (Å²) in [5.41, 5.74) is -2.90. The van der Waals surface area contributed by atoms with Crippen LogP contribution in [-0.2, 0) is 22.4 Å².